The highest BCUT2D eigenvalue weighted by Gasteiger charge is 2.12. The van der Waals surface area contributed by atoms with Gasteiger partial charge in [-0.3, -0.25) is 4.90 Å². The highest BCUT2D eigenvalue weighted by Crippen LogP contribution is 2.05. The Hall–Kier alpha value is -0.610. The second kappa shape index (κ2) is 6.08. The average Bonchev–Trinajstić information content (AvgIpc) is 2.64. The number of aromatic nitrogens is 3. The van der Waals surface area contributed by atoms with E-state index >= 15 is 0 Å². The number of halogens is 1. The van der Waals surface area contributed by atoms with Crippen LogP contribution >= 0.6 is 11.6 Å². The van der Waals surface area contributed by atoms with Crippen LogP contribution in [0.5, 0.6) is 0 Å². The molecule has 0 atom stereocenters. The molecule has 0 unspecified atom stereocenters. The molecule has 15 heavy (non-hydrogen) atoms. The third kappa shape index (κ3) is 3.47. The maximum atomic E-state index is 5.77. The van der Waals surface area contributed by atoms with Crippen molar-refractivity contribution in [3.8, 4) is 0 Å². The molecule has 0 bridgehead atoms. The van der Waals surface area contributed by atoms with Crippen molar-refractivity contribution in [2.24, 2.45) is 0 Å². The highest BCUT2D eigenvalue weighted by atomic mass is 35.5. The van der Waals surface area contributed by atoms with Gasteiger partial charge < -0.3 is 0 Å². The van der Waals surface area contributed by atoms with Crippen LogP contribution in [0.3, 0.4) is 0 Å². The van der Waals surface area contributed by atoms with Crippen LogP contribution in [-0.2, 0) is 13.1 Å². The summed E-state index contributed by atoms with van der Waals surface area (Å²) in [6.45, 7) is 8.97. The second-order valence-corrected chi connectivity index (χ2v) is 4.12. The van der Waals surface area contributed by atoms with E-state index in [0.717, 1.165) is 25.5 Å². The maximum absolute atomic E-state index is 5.77. The topological polar surface area (TPSA) is 34.0 Å². The zero-order valence-electron chi connectivity index (χ0n) is 9.65. The first-order chi connectivity index (χ1) is 7.19. The SMILES string of the molecule is CCn1ncnc1CN(CCCl)C(C)C. The minimum atomic E-state index is 0.478. The second-order valence-electron chi connectivity index (χ2n) is 3.75. The van der Waals surface area contributed by atoms with E-state index in [4.69, 9.17) is 11.6 Å². The molecule has 0 aliphatic heterocycles. The summed E-state index contributed by atoms with van der Waals surface area (Å²) in [5, 5.41) is 4.15. The fourth-order valence-corrected chi connectivity index (χ4v) is 1.70. The predicted octanol–water partition coefficient (Wildman–Crippen LogP) is 1.75. The van der Waals surface area contributed by atoms with E-state index in [9.17, 15) is 0 Å². The molecule has 0 radical (unpaired) electrons. The van der Waals surface area contributed by atoms with Crippen LogP contribution in [0.2, 0.25) is 0 Å². The Morgan fingerprint density at radius 2 is 2.27 bits per heavy atom. The van der Waals surface area contributed by atoms with Crippen LogP contribution < -0.4 is 0 Å². The van der Waals surface area contributed by atoms with E-state index in [1.54, 1.807) is 6.33 Å². The van der Waals surface area contributed by atoms with Crippen LogP contribution in [0, 0.1) is 0 Å². The summed E-state index contributed by atoms with van der Waals surface area (Å²) in [5.74, 6) is 1.66. The van der Waals surface area contributed by atoms with Crippen LogP contribution in [0.15, 0.2) is 6.33 Å². The number of aryl methyl sites for hydroxylation is 1. The lowest BCUT2D eigenvalue weighted by atomic mass is 10.3. The molecule has 0 spiro atoms. The first-order valence-electron chi connectivity index (χ1n) is 5.35. The van der Waals surface area contributed by atoms with Gasteiger partial charge in [-0.15, -0.1) is 11.6 Å². The average molecular weight is 231 g/mol. The zero-order valence-corrected chi connectivity index (χ0v) is 10.4. The lowest BCUT2D eigenvalue weighted by molar-refractivity contribution is 0.216. The molecule has 0 N–H and O–H groups in total. The van der Waals surface area contributed by atoms with Gasteiger partial charge in [0.1, 0.15) is 12.2 Å². The summed E-state index contributed by atoms with van der Waals surface area (Å²) in [4.78, 5) is 6.55. The summed E-state index contributed by atoms with van der Waals surface area (Å²) in [6.07, 6.45) is 1.61. The largest absolute Gasteiger partial charge is 0.292 e. The molecule has 1 aromatic rings. The number of hydrogen-bond donors (Lipinski definition) is 0. The molecular weight excluding hydrogens is 212 g/mol. The van der Waals surface area contributed by atoms with Crippen molar-refractivity contribution >= 4 is 11.6 Å². The van der Waals surface area contributed by atoms with Gasteiger partial charge in [-0.25, -0.2) is 9.67 Å². The van der Waals surface area contributed by atoms with Crippen molar-refractivity contribution in [1.29, 1.82) is 0 Å². The number of alkyl halides is 1. The van der Waals surface area contributed by atoms with E-state index in [1.165, 1.54) is 0 Å². The van der Waals surface area contributed by atoms with E-state index in [0.29, 0.717) is 11.9 Å². The molecule has 0 fully saturated rings. The van der Waals surface area contributed by atoms with Crippen molar-refractivity contribution in [2.75, 3.05) is 12.4 Å². The Labute approximate surface area is 96.2 Å². The molecule has 1 aromatic heterocycles. The molecule has 0 amide bonds. The molecule has 0 saturated heterocycles. The smallest absolute Gasteiger partial charge is 0.141 e. The van der Waals surface area contributed by atoms with Gasteiger partial charge in [0, 0.05) is 25.0 Å². The van der Waals surface area contributed by atoms with E-state index in [2.05, 4.69) is 35.8 Å². The van der Waals surface area contributed by atoms with Crippen molar-refractivity contribution in [1.82, 2.24) is 19.7 Å². The third-order valence-corrected chi connectivity index (χ3v) is 2.61. The Bertz CT molecular complexity index is 285. The van der Waals surface area contributed by atoms with E-state index in [1.807, 2.05) is 4.68 Å². The molecule has 0 aliphatic carbocycles. The van der Waals surface area contributed by atoms with Crippen LogP contribution in [-0.4, -0.2) is 38.1 Å². The zero-order chi connectivity index (χ0) is 11.3. The number of hydrogen-bond acceptors (Lipinski definition) is 3. The van der Waals surface area contributed by atoms with Crippen molar-refractivity contribution in [3.63, 3.8) is 0 Å². The van der Waals surface area contributed by atoms with E-state index in [-0.39, 0.29) is 0 Å². The van der Waals surface area contributed by atoms with Crippen molar-refractivity contribution < 1.29 is 0 Å². The molecule has 86 valence electrons. The third-order valence-electron chi connectivity index (χ3n) is 2.44. The van der Waals surface area contributed by atoms with Gasteiger partial charge in [0.2, 0.25) is 0 Å². The summed E-state index contributed by atoms with van der Waals surface area (Å²) >= 11 is 5.77. The first-order valence-corrected chi connectivity index (χ1v) is 5.89. The molecule has 5 heteroatoms. The van der Waals surface area contributed by atoms with Crippen LogP contribution in [0.4, 0.5) is 0 Å². The monoisotopic (exact) mass is 230 g/mol. The molecule has 4 nitrogen and oxygen atoms in total. The molecule has 0 aromatic carbocycles. The fraction of sp³-hybridized carbons (Fsp3) is 0.800. The first kappa shape index (κ1) is 12.5. The summed E-state index contributed by atoms with van der Waals surface area (Å²) in [5.41, 5.74) is 0. The summed E-state index contributed by atoms with van der Waals surface area (Å²) in [6, 6.07) is 0.478. The lowest BCUT2D eigenvalue weighted by Gasteiger charge is -2.24. The summed E-state index contributed by atoms with van der Waals surface area (Å²) < 4.78 is 1.92. The highest BCUT2D eigenvalue weighted by molar-refractivity contribution is 6.18. The summed E-state index contributed by atoms with van der Waals surface area (Å²) in [7, 11) is 0. The Morgan fingerprint density at radius 3 is 2.80 bits per heavy atom. The van der Waals surface area contributed by atoms with E-state index < -0.39 is 0 Å². The number of rotatable bonds is 6. The van der Waals surface area contributed by atoms with Gasteiger partial charge in [-0.2, -0.15) is 5.10 Å². The van der Waals surface area contributed by atoms with Crippen LogP contribution in [0.25, 0.3) is 0 Å². The lowest BCUT2D eigenvalue weighted by Crippen LogP contribution is -2.33. The van der Waals surface area contributed by atoms with Gasteiger partial charge in [-0.05, 0) is 20.8 Å². The minimum absolute atomic E-state index is 0.478. The Morgan fingerprint density at radius 1 is 1.53 bits per heavy atom. The molecule has 0 aliphatic rings. The number of nitrogens with zero attached hydrogens (tertiary/aromatic N) is 4. The quantitative estimate of drug-likeness (QED) is 0.699. The Kier molecular flexibility index (Phi) is 5.05. The standard InChI is InChI=1S/C10H19ClN4/c1-4-15-10(12-8-13-15)7-14(6-5-11)9(2)3/h8-9H,4-7H2,1-3H3. The van der Waals surface area contributed by atoms with Gasteiger partial charge in [0.15, 0.2) is 0 Å². The van der Waals surface area contributed by atoms with Gasteiger partial charge in [0.25, 0.3) is 0 Å². The normalized spacial score (nSPS) is 11.6. The Balaban J connectivity index is 2.65. The predicted molar refractivity (Wildman–Crippen MR) is 62.0 cm³/mol. The molecular formula is C10H19ClN4. The maximum Gasteiger partial charge on any atom is 0.141 e. The van der Waals surface area contributed by atoms with Crippen molar-refractivity contribution in [3.05, 3.63) is 12.2 Å². The van der Waals surface area contributed by atoms with Gasteiger partial charge in [0.05, 0.1) is 6.54 Å². The molecule has 0 saturated carbocycles. The fourth-order valence-electron chi connectivity index (χ4n) is 1.48. The molecule has 1 rings (SSSR count). The van der Waals surface area contributed by atoms with Crippen molar-refractivity contribution in [2.45, 2.75) is 39.9 Å². The van der Waals surface area contributed by atoms with Crippen LogP contribution in [0.1, 0.15) is 26.6 Å². The van der Waals surface area contributed by atoms with Gasteiger partial charge in [-0.1, -0.05) is 0 Å². The van der Waals surface area contributed by atoms with Gasteiger partial charge >= 0.3 is 0 Å². The molecule has 1 heterocycles. The minimum Gasteiger partial charge on any atom is -0.292 e.